The molecule has 0 aliphatic carbocycles. The van der Waals surface area contributed by atoms with Crippen molar-refractivity contribution in [1.29, 1.82) is 0 Å². The molecule has 0 aromatic rings. The number of hydrogen-bond donors (Lipinski definition) is 1. The summed E-state index contributed by atoms with van der Waals surface area (Å²) in [6, 6.07) is 0. The lowest BCUT2D eigenvalue weighted by Gasteiger charge is -2.23. The zero-order valence-corrected chi connectivity index (χ0v) is 10.5. The molecule has 1 amide bonds. The SMILES string of the molecule is CCCN(CCCN)C(=O)CC(C)CC. The first kappa shape index (κ1) is 14.4. The molecule has 0 rings (SSSR count). The van der Waals surface area contributed by atoms with Crippen LogP contribution in [-0.2, 0) is 4.79 Å². The maximum Gasteiger partial charge on any atom is 0.222 e. The third-order valence-corrected chi connectivity index (χ3v) is 2.70. The van der Waals surface area contributed by atoms with Gasteiger partial charge >= 0.3 is 0 Å². The molecule has 0 aliphatic rings. The van der Waals surface area contributed by atoms with Crippen molar-refractivity contribution in [3.63, 3.8) is 0 Å². The third-order valence-electron chi connectivity index (χ3n) is 2.70. The highest BCUT2D eigenvalue weighted by Gasteiger charge is 2.14. The van der Waals surface area contributed by atoms with Gasteiger partial charge in [0, 0.05) is 19.5 Å². The number of carbonyl (C=O) groups excluding carboxylic acids is 1. The second kappa shape index (κ2) is 8.72. The van der Waals surface area contributed by atoms with Gasteiger partial charge in [0.15, 0.2) is 0 Å². The molecule has 0 saturated carbocycles. The normalized spacial score (nSPS) is 12.5. The highest BCUT2D eigenvalue weighted by atomic mass is 16.2. The van der Waals surface area contributed by atoms with E-state index < -0.39 is 0 Å². The second-order valence-corrected chi connectivity index (χ2v) is 4.24. The molecule has 2 N–H and O–H groups in total. The summed E-state index contributed by atoms with van der Waals surface area (Å²) in [4.78, 5) is 13.9. The van der Waals surface area contributed by atoms with Gasteiger partial charge in [-0.3, -0.25) is 4.79 Å². The zero-order valence-electron chi connectivity index (χ0n) is 10.5. The van der Waals surface area contributed by atoms with Gasteiger partial charge in [-0.25, -0.2) is 0 Å². The molecule has 0 saturated heterocycles. The van der Waals surface area contributed by atoms with Crippen LogP contribution in [0, 0.1) is 5.92 Å². The molecular formula is C12H26N2O. The highest BCUT2D eigenvalue weighted by molar-refractivity contribution is 5.76. The van der Waals surface area contributed by atoms with E-state index >= 15 is 0 Å². The van der Waals surface area contributed by atoms with Gasteiger partial charge in [0.2, 0.25) is 5.91 Å². The van der Waals surface area contributed by atoms with Crippen molar-refractivity contribution in [2.45, 2.75) is 46.5 Å². The lowest BCUT2D eigenvalue weighted by atomic mass is 10.0. The summed E-state index contributed by atoms with van der Waals surface area (Å²) in [5.74, 6) is 0.786. The number of carbonyl (C=O) groups is 1. The fourth-order valence-electron chi connectivity index (χ4n) is 1.48. The zero-order chi connectivity index (χ0) is 11.7. The van der Waals surface area contributed by atoms with Gasteiger partial charge in [-0.2, -0.15) is 0 Å². The maximum absolute atomic E-state index is 11.9. The van der Waals surface area contributed by atoms with Crippen LogP contribution in [0.5, 0.6) is 0 Å². The molecule has 0 spiro atoms. The predicted molar refractivity (Wildman–Crippen MR) is 64.6 cm³/mol. The van der Waals surface area contributed by atoms with Gasteiger partial charge in [0.05, 0.1) is 0 Å². The smallest absolute Gasteiger partial charge is 0.222 e. The van der Waals surface area contributed by atoms with Gasteiger partial charge < -0.3 is 10.6 Å². The minimum Gasteiger partial charge on any atom is -0.343 e. The third kappa shape index (κ3) is 6.50. The predicted octanol–water partition coefficient (Wildman–Crippen LogP) is 2.01. The Morgan fingerprint density at radius 3 is 2.47 bits per heavy atom. The molecule has 0 aromatic carbocycles. The van der Waals surface area contributed by atoms with Crippen LogP contribution in [-0.4, -0.2) is 30.4 Å². The van der Waals surface area contributed by atoms with E-state index in [9.17, 15) is 4.79 Å². The summed E-state index contributed by atoms with van der Waals surface area (Å²) in [7, 11) is 0. The van der Waals surface area contributed by atoms with Crippen molar-refractivity contribution in [3.8, 4) is 0 Å². The standard InChI is InChI=1S/C12H26N2O/c1-4-8-14(9-6-7-13)12(15)10-11(3)5-2/h11H,4-10,13H2,1-3H3. The first-order chi connectivity index (χ1) is 7.15. The summed E-state index contributed by atoms with van der Waals surface area (Å²) in [6.45, 7) is 8.71. The fourth-order valence-corrected chi connectivity index (χ4v) is 1.48. The van der Waals surface area contributed by atoms with Crippen molar-refractivity contribution in [1.82, 2.24) is 4.90 Å². The van der Waals surface area contributed by atoms with Gasteiger partial charge in [-0.05, 0) is 25.3 Å². The summed E-state index contributed by atoms with van der Waals surface area (Å²) in [6.07, 6.45) is 3.69. The monoisotopic (exact) mass is 214 g/mol. The van der Waals surface area contributed by atoms with Crippen LogP contribution < -0.4 is 5.73 Å². The van der Waals surface area contributed by atoms with Crippen molar-refractivity contribution in [2.75, 3.05) is 19.6 Å². The molecule has 0 heterocycles. The molecule has 0 bridgehead atoms. The Morgan fingerprint density at radius 1 is 1.33 bits per heavy atom. The quantitative estimate of drug-likeness (QED) is 0.672. The van der Waals surface area contributed by atoms with Crippen LogP contribution in [0.15, 0.2) is 0 Å². The molecule has 1 unspecified atom stereocenters. The molecule has 3 heteroatoms. The molecule has 1 atom stereocenters. The Bertz CT molecular complexity index is 171. The average molecular weight is 214 g/mol. The molecule has 15 heavy (non-hydrogen) atoms. The van der Waals surface area contributed by atoms with Crippen molar-refractivity contribution in [3.05, 3.63) is 0 Å². The fraction of sp³-hybridized carbons (Fsp3) is 0.917. The molecular weight excluding hydrogens is 188 g/mol. The van der Waals surface area contributed by atoms with Crippen LogP contribution in [0.25, 0.3) is 0 Å². The van der Waals surface area contributed by atoms with Crippen LogP contribution >= 0.6 is 0 Å². The van der Waals surface area contributed by atoms with E-state index in [1.807, 2.05) is 4.90 Å². The molecule has 0 aliphatic heterocycles. The molecule has 0 aromatic heterocycles. The molecule has 3 nitrogen and oxygen atoms in total. The Hall–Kier alpha value is -0.570. The Morgan fingerprint density at radius 2 is 2.00 bits per heavy atom. The van der Waals surface area contributed by atoms with E-state index in [2.05, 4.69) is 20.8 Å². The Labute approximate surface area is 94.0 Å². The van der Waals surface area contributed by atoms with Crippen LogP contribution in [0.2, 0.25) is 0 Å². The van der Waals surface area contributed by atoms with E-state index in [1.165, 1.54) is 0 Å². The average Bonchev–Trinajstić information content (AvgIpc) is 2.23. The second-order valence-electron chi connectivity index (χ2n) is 4.24. The first-order valence-electron chi connectivity index (χ1n) is 6.13. The lowest BCUT2D eigenvalue weighted by molar-refractivity contribution is -0.132. The number of hydrogen-bond acceptors (Lipinski definition) is 2. The number of nitrogens with two attached hydrogens (primary N) is 1. The van der Waals surface area contributed by atoms with E-state index in [0.29, 0.717) is 24.8 Å². The summed E-state index contributed by atoms with van der Waals surface area (Å²) < 4.78 is 0. The maximum atomic E-state index is 11.9. The van der Waals surface area contributed by atoms with E-state index in [1.54, 1.807) is 0 Å². The van der Waals surface area contributed by atoms with E-state index in [-0.39, 0.29) is 0 Å². The van der Waals surface area contributed by atoms with Gasteiger partial charge in [-0.1, -0.05) is 27.2 Å². The van der Waals surface area contributed by atoms with Crippen molar-refractivity contribution in [2.24, 2.45) is 11.7 Å². The molecule has 0 radical (unpaired) electrons. The van der Waals surface area contributed by atoms with Crippen molar-refractivity contribution < 1.29 is 4.79 Å². The Balaban J connectivity index is 4.03. The van der Waals surface area contributed by atoms with Gasteiger partial charge in [0.25, 0.3) is 0 Å². The van der Waals surface area contributed by atoms with Gasteiger partial charge in [0.1, 0.15) is 0 Å². The first-order valence-corrected chi connectivity index (χ1v) is 6.13. The summed E-state index contributed by atoms with van der Waals surface area (Å²) in [5, 5.41) is 0. The number of amides is 1. The molecule has 0 fully saturated rings. The lowest BCUT2D eigenvalue weighted by Crippen LogP contribution is -2.34. The van der Waals surface area contributed by atoms with Crippen LogP contribution in [0.3, 0.4) is 0 Å². The summed E-state index contributed by atoms with van der Waals surface area (Å²) in [5.41, 5.74) is 5.46. The van der Waals surface area contributed by atoms with E-state index in [0.717, 1.165) is 32.4 Å². The van der Waals surface area contributed by atoms with E-state index in [4.69, 9.17) is 5.73 Å². The minimum absolute atomic E-state index is 0.291. The van der Waals surface area contributed by atoms with Crippen LogP contribution in [0.1, 0.15) is 46.5 Å². The van der Waals surface area contributed by atoms with Crippen molar-refractivity contribution >= 4 is 5.91 Å². The largest absolute Gasteiger partial charge is 0.343 e. The number of nitrogens with zero attached hydrogens (tertiary/aromatic N) is 1. The number of rotatable bonds is 8. The summed E-state index contributed by atoms with van der Waals surface area (Å²) >= 11 is 0. The van der Waals surface area contributed by atoms with Crippen LogP contribution in [0.4, 0.5) is 0 Å². The highest BCUT2D eigenvalue weighted by Crippen LogP contribution is 2.09. The molecule has 90 valence electrons. The Kier molecular flexibility index (Phi) is 8.38. The minimum atomic E-state index is 0.291. The topological polar surface area (TPSA) is 46.3 Å². The van der Waals surface area contributed by atoms with Gasteiger partial charge in [-0.15, -0.1) is 0 Å².